The first-order chi connectivity index (χ1) is 9.16. The van der Waals surface area contributed by atoms with E-state index in [1.165, 1.54) is 25.1 Å². The lowest BCUT2D eigenvalue weighted by atomic mass is 10.1. The summed E-state index contributed by atoms with van der Waals surface area (Å²) in [5.74, 6) is -0.147. The summed E-state index contributed by atoms with van der Waals surface area (Å²) in [5.41, 5.74) is 0.303. The minimum Gasteiger partial charge on any atom is -0.493 e. The molecule has 0 saturated carbocycles. The number of hydrogen-bond donors (Lipinski definition) is 0. The molecule has 1 aliphatic heterocycles. The number of carbonyl (C=O) groups is 1. The van der Waals surface area contributed by atoms with Crippen LogP contribution in [0.25, 0.3) is 0 Å². The molecule has 104 valence electrons. The van der Waals surface area contributed by atoms with E-state index in [1.54, 1.807) is 0 Å². The molecule has 1 fully saturated rings. The van der Waals surface area contributed by atoms with Crippen LogP contribution in [0.4, 0.5) is 4.39 Å². The molecule has 0 N–H and O–H groups in total. The number of ether oxygens (including phenoxy) is 2. The average Bonchev–Trinajstić information content (AvgIpc) is 2.89. The van der Waals surface area contributed by atoms with Crippen molar-refractivity contribution in [2.24, 2.45) is 0 Å². The molecule has 1 aliphatic rings. The molecule has 0 amide bonds. The topological polar surface area (TPSA) is 35.5 Å². The molecule has 0 aliphatic carbocycles. The number of Topliss-reactive ketones (excluding diaryl/α,β-unsaturated/α-hetero) is 1. The van der Waals surface area contributed by atoms with Crippen molar-refractivity contribution in [1.82, 2.24) is 0 Å². The van der Waals surface area contributed by atoms with Gasteiger partial charge in [0, 0.05) is 6.61 Å². The van der Waals surface area contributed by atoms with E-state index < -0.39 is 5.82 Å². The normalized spacial score (nSPS) is 18.5. The highest BCUT2D eigenvalue weighted by atomic mass is 19.1. The summed E-state index contributed by atoms with van der Waals surface area (Å²) in [5, 5.41) is 0. The maximum absolute atomic E-state index is 13.1. The maximum Gasteiger partial charge on any atom is 0.163 e. The lowest BCUT2D eigenvalue weighted by Gasteiger charge is -2.12. The van der Waals surface area contributed by atoms with E-state index in [1.807, 2.05) is 0 Å². The number of benzene rings is 1. The van der Waals surface area contributed by atoms with Gasteiger partial charge in [-0.3, -0.25) is 4.79 Å². The molecule has 0 bridgehead atoms. The molecule has 1 aromatic carbocycles. The van der Waals surface area contributed by atoms with Crippen LogP contribution in [0.15, 0.2) is 18.2 Å². The van der Waals surface area contributed by atoms with Crippen LogP contribution >= 0.6 is 0 Å². The van der Waals surface area contributed by atoms with Crippen LogP contribution in [0.2, 0.25) is 0 Å². The summed E-state index contributed by atoms with van der Waals surface area (Å²) in [4.78, 5) is 11.4. The molecule has 19 heavy (non-hydrogen) atoms. The zero-order valence-electron chi connectivity index (χ0n) is 11.2. The second-order valence-electron chi connectivity index (χ2n) is 4.82. The van der Waals surface area contributed by atoms with Gasteiger partial charge in [0.15, 0.2) is 5.78 Å². The van der Waals surface area contributed by atoms with Crippen LogP contribution in [-0.2, 0) is 4.74 Å². The second kappa shape index (κ2) is 6.66. The molecular weight excluding hydrogens is 247 g/mol. The highest BCUT2D eigenvalue weighted by molar-refractivity contribution is 5.96. The highest BCUT2D eigenvalue weighted by Gasteiger charge is 2.15. The Labute approximate surface area is 112 Å². The first-order valence-corrected chi connectivity index (χ1v) is 6.71. The summed E-state index contributed by atoms with van der Waals surface area (Å²) in [6, 6.07) is 4.04. The molecule has 0 aromatic heterocycles. The third kappa shape index (κ3) is 4.03. The van der Waals surface area contributed by atoms with E-state index in [0.717, 1.165) is 32.3 Å². The van der Waals surface area contributed by atoms with Gasteiger partial charge < -0.3 is 9.47 Å². The van der Waals surface area contributed by atoms with Gasteiger partial charge in [0.1, 0.15) is 11.6 Å². The lowest BCUT2D eigenvalue weighted by Crippen LogP contribution is -2.09. The van der Waals surface area contributed by atoms with Crippen molar-refractivity contribution < 1.29 is 18.7 Å². The lowest BCUT2D eigenvalue weighted by molar-refractivity contribution is 0.0970. The zero-order valence-corrected chi connectivity index (χ0v) is 11.2. The smallest absolute Gasteiger partial charge is 0.163 e. The van der Waals surface area contributed by atoms with Gasteiger partial charge in [0.2, 0.25) is 0 Å². The van der Waals surface area contributed by atoms with Crippen molar-refractivity contribution in [3.8, 4) is 5.75 Å². The van der Waals surface area contributed by atoms with Crippen LogP contribution in [0.5, 0.6) is 5.75 Å². The van der Waals surface area contributed by atoms with E-state index >= 15 is 0 Å². The molecule has 1 unspecified atom stereocenters. The molecule has 1 heterocycles. The van der Waals surface area contributed by atoms with Crippen molar-refractivity contribution in [1.29, 1.82) is 0 Å². The third-order valence-corrected chi connectivity index (χ3v) is 3.27. The van der Waals surface area contributed by atoms with Crippen LogP contribution in [0.1, 0.15) is 43.0 Å². The number of rotatable bonds is 6. The van der Waals surface area contributed by atoms with Crippen LogP contribution in [0.3, 0.4) is 0 Å². The molecule has 1 aromatic rings. The number of halogens is 1. The van der Waals surface area contributed by atoms with Gasteiger partial charge in [-0.05, 0) is 50.8 Å². The van der Waals surface area contributed by atoms with Gasteiger partial charge in [-0.15, -0.1) is 0 Å². The van der Waals surface area contributed by atoms with Crippen molar-refractivity contribution in [3.05, 3.63) is 29.6 Å². The van der Waals surface area contributed by atoms with Gasteiger partial charge >= 0.3 is 0 Å². The second-order valence-corrected chi connectivity index (χ2v) is 4.82. The summed E-state index contributed by atoms with van der Waals surface area (Å²) in [6.07, 6.45) is 4.45. The summed E-state index contributed by atoms with van der Waals surface area (Å²) in [7, 11) is 0. The Balaban J connectivity index is 1.83. The molecule has 0 radical (unpaired) electrons. The molecular formula is C15H19FO3. The molecule has 1 saturated heterocycles. The Hall–Kier alpha value is -1.42. The summed E-state index contributed by atoms with van der Waals surface area (Å²) >= 11 is 0. The number of ketones is 1. The SMILES string of the molecule is CC(=O)c1cc(F)ccc1OCCCC1CCCO1. The van der Waals surface area contributed by atoms with Gasteiger partial charge in [0.25, 0.3) is 0 Å². The van der Waals surface area contributed by atoms with E-state index in [2.05, 4.69) is 0 Å². The van der Waals surface area contributed by atoms with Crippen molar-refractivity contribution in [2.45, 2.75) is 38.7 Å². The minimum absolute atomic E-state index is 0.186. The van der Waals surface area contributed by atoms with Gasteiger partial charge in [-0.1, -0.05) is 0 Å². The van der Waals surface area contributed by atoms with Crippen LogP contribution < -0.4 is 4.74 Å². The predicted molar refractivity (Wildman–Crippen MR) is 70.1 cm³/mol. The summed E-state index contributed by atoms with van der Waals surface area (Å²) in [6.45, 7) is 2.79. The van der Waals surface area contributed by atoms with Crippen molar-refractivity contribution in [2.75, 3.05) is 13.2 Å². The van der Waals surface area contributed by atoms with Crippen molar-refractivity contribution >= 4 is 5.78 Å². The number of carbonyl (C=O) groups excluding carboxylic acids is 1. The minimum atomic E-state index is -0.420. The van der Waals surface area contributed by atoms with E-state index in [9.17, 15) is 9.18 Å². The Morgan fingerprint density at radius 2 is 2.37 bits per heavy atom. The fourth-order valence-corrected chi connectivity index (χ4v) is 2.27. The van der Waals surface area contributed by atoms with E-state index in [4.69, 9.17) is 9.47 Å². The fourth-order valence-electron chi connectivity index (χ4n) is 2.27. The monoisotopic (exact) mass is 266 g/mol. The predicted octanol–water partition coefficient (Wildman–Crippen LogP) is 3.37. The van der Waals surface area contributed by atoms with Crippen LogP contribution in [-0.4, -0.2) is 25.1 Å². The Kier molecular flexibility index (Phi) is 4.91. The zero-order chi connectivity index (χ0) is 13.7. The Bertz CT molecular complexity index is 439. The largest absolute Gasteiger partial charge is 0.493 e. The molecule has 4 heteroatoms. The van der Waals surface area contributed by atoms with Crippen molar-refractivity contribution in [3.63, 3.8) is 0 Å². The van der Waals surface area contributed by atoms with Gasteiger partial charge in [0.05, 0.1) is 18.3 Å². The Morgan fingerprint density at radius 1 is 1.53 bits per heavy atom. The standard InChI is InChI=1S/C15H19FO3/c1-11(17)14-10-12(16)6-7-15(14)19-9-3-5-13-4-2-8-18-13/h6-7,10,13H,2-5,8-9H2,1H3. The van der Waals surface area contributed by atoms with E-state index in [-0.39, 0.29) is 5.78 Å². The van der Waals surface area contributed by atoms with Crippen LogP contribution in [0, 0.1) is 5.82 Å². The Morgan fingerprint density at radius 3 is 3.05 bits per heavy atom. The summed E-state index contributed by atoms with van der Waals surface area (Å²) < 4.78 is 24.2. The first kappa shape index (κ1) is 14.0. The molecule has 2 rings (SSSR count). The van der Waals surface area contributed by atoms with Gasteiger partial charge in [-0.25, -0.2) is 4.39 Å². The number of hydrogen-bond acceptors (Lipinski definition) is 3. The van der Waals surface area contributed by atoms with E-state index in [0.29, 0.717) is 24.0 Å². The third-order valence-electron chi connectivity index (χ3n) is 3.27. The molecule has 3 nitrogen and oxygen atoms in total. The molecule has 0 spiro atoms. The maximum atomic E-state index is 13.1. The highest BCUT2D eigenvalue weighted by Crippen LogP contribution is 2.21. The molecule has 1 atom stereocenters. The average molecular weight is 266 g/mol. The van der Waals surface area contributed by atoms with Gasteiger partial charge in [-0.2, -0.15) is 0 Å². The fraction of sp³-hybridized carbons (Fsp3) is 0.533. The quantitative estimate of drug-likeness (QED) is 0.585. The first-order valence-electron chi connectivity index (χ1n) is 6.71.